The highest BCUT2D eigenvalue weighted by Gasteiger charge is 2.27. The summed E-state index contributed by atoms with van der Waals surface area (Å²) >= 11 is 12.0. The van der Waals surface area contributed by atoms with E-state index >= 15 is 0 Å². The van der Waals surface area contributed by atoms with Gasteiger partial charge in [0.05, 0.1) is 10.0 Å². The van der Waals surface area contributed by atoms with Crippen LogP contribution in [-0.2, 0) is 21.5 Å². The van der Waals surface area contributed by atoms with Crippen LogP contribution in [-0.4, -0.2) is 38.4 Å². The third kappa shape index (κ3) is 8.02. The molecule has 0 saturated carbocycles. The first-order valence-corrected chi connectivity index (χ1v) is 14.5. The van der Waals surface area contributed by atoms with Crippen molar-refractivity contribution in [3.63, 3.8) is 0 Å². The zero-order valence-electron chi connectivity index (χ0n) is 22.3. The lowest BCUT2D eigenvalue weighted by atomic mass is 9.91. The normalized spacial score (nSPS) is 12.8. The maximum Gasteiger partial charge on any atom is 0.339 e. The highest BCUT2D eigenvalue weighted by molar-refractivity contribution is 7.87. The third-order valence-electron chi connectivity index (χ3n) is 6.02. The fourth-order valence-corrected chi connectivity index (χ4v) is 5.13. The van der Waals surface area contributed by atoms with Crippen LogP contribution in [0.4, 0.5) is 5.69 Å². The summed E-state index contributed by atoms with van der Waals surface area (Å²) in [6, 6.07) is 9.52. The number of anilines is 1. The van der Waals surface area contributed by atoms with Crippen molar-refractivity contribution in [2.45, 2.75) is 78.8 Å². The Labute approximate surface area is 226 Å². The molecule has 36 heavy (non-hydrogen) atoms. The zero-order valence-corrected chi connectivity index (χ0v) is 24.6. The van der Waals surface area contributed by atoms with E-state index in [9.17, 15) is 13.2 Å². The average Bonchev–Trinajstić information content (AvgIpc) is 2.79. The Kier molecular flexibility index (Phi) is 10.5. The minimum absolute atomic E-state index is 0.0166. The molecule has 0 saturated heterocycles. The number of hydrogen-bond donors (Lipinski definition) is 0. The van der Waals surface area contributed by atoms with E-state index in [1.807, 2.05) is 60.6 Å². The molecule has 0 fully saturated rings. The molecule has 0 aliphatic carbocycles. The number of carbonyl (C=O) groups excluding carboxylic acids is 1. The topological polar surface area (TPSA) is 66.9 Å². The summed E-state index contributed by atoms with van der Waals surface area (Å²) in [5.41, 5.74) is 1.27. The lowest BCUT2D eigenvalue weighted by Gasteiger charge is -2.32. The lowest BCUT2D eigenvalue weighted by Crippen LogP contribution is -2.39. The highest BCUT2D eigenvalue weighted by atomic mass is 35.5. The number of rotatable bonds is 11. The molecule has 200 valence electrons. The zero-order chi connectivity index (χ0) is 27.3. The van der Waals surface area contributed by atoms with E-state index < -0.39 is 10.1 Å². The molecule has 9 heteroatoms. The van der Waals surface area contributed by atoms with Gasteiger partial charge in [0.2, 0.25) is 5.91 Å². The molecule has 1 atom stereocenters. The maximum atomic E-state index is 13.3. The molecule has 0 bridgehead atoms. The van der Waals surface area contributed by atoms with Gasteiger partial charge in [0.25, 0.3) is 0 Å². The van der Waals surface area contributed by atoms with Crippen LogP contribution in [0.15, 0.2) is 41.3 Å². The molecule has 0 heterocycles. The molecule has 0 aliphatic rings. The van der Waals surface area contributed by atoms with E-state index in [0.717, 1.165) is 25.2 Å². The molecule has 2 rings (SSSR count). The maximum absolute atomic E-state index is 13.3. The van der Waals surface area contributed by atoms with Crippen molar-refractivity contribution in [3.8, 4) is 5.75 Å². The fraction of sp³-hybridized carbons (Fsp3) is 0.519. The molecular formula is C27H38Cl2N2O4S. The van der Waals surface area contributed by atoms with E-state index in [1.54, 1.807) is 11.0 Å². The Morgan fingerprint density at radius 3 is 2.17 bits per heavy atom. The Morgan fingerprint density at radius 1 is 1.00 bits per heavy atom. The molecule has 0 spiro atoms. The summed E-state index contributed by atoms with van der Waals surface area (Å²) in [4.78, 5) is 17.1. The number of hydrogen-bond acceptors (Lipinski definition) is 5. The van der Waals surface area contributed by atoms with Gasteiger partial charge in [0, 0.05) is 49.4 Å². The second kappa shape index (κ2) is 12.5. The van der Waals surface area contributed by atoms with Crippen LogP contribution < -0.4 is 9.08 Å². The highest BCUT2D eigenvalue weighted by Crippen LogP contribution is 2.32. The third-order valence-corrected chi connectivity index (χ3v) is 7.99. The molecule has 6 nitrogen and oxygen atoms in total. The van der Waals surface area contributed by atoms with Crippen LogP contribution in [0.1, 0.15) is 66.9 Å². The van der Waals surface area contributed by atoms with Gasteiger partial charge < -0.3 is 14.0 Å². The van der Waals surface area contributed by atoms with Crippen molar-refractivity contribution < 1.29 is 17.4 Å². The second-order valence-corrected chi connectivity index (χ2v) is 12.5. The largest absolute Gasteiger partial charge is 0.379 e. The second-order valence-electron chi connectivity index (χ2n) is 10.1. The molecule has 0 aliphatic heterocycles. The summed E-state index contributed by atoms with van der Waals surface area (Å²) in [5.74, 6) is 0.199. The van der Waals surface area contributed by atoms with Crippen LogP contribution in [0.3, 0.4) is 0 Å². The predicted molar refractivity (Wildman–Crippen MR) is 149 cm³/mol. The smallest absolute Gasteiger partial charge is 0.339 e. The molecular weight excluding hydrogens is 519 g/mol. The van der Waals surface area contributed by atoms with Crippen LogP contribution in [0.5, 0.6) is 5.75 Å². The van der Waals surface area contributed by atoms with E-state index in [2.05, 4.69) is 4.90 Å². The fourth-order valence-electron chi connectivity index (χ4n) is 3.78. The Bertz CT molecular complexity index is 1160. The summed E-state index contributed by atoms with van der Waals surface area (Å²) in [7, 11) is -4.21. The van der Waals surface area contributed by atoms with Gasteiger partial charge in [-0.2, -0.15) is 8.42 Å². The van der Waals surface area contributed by atoms with Gasteiger partial charge >= 0.3 is 10.1 Å². The summed E-state index contributed by atoms with van der Waals surface area (Å²) in [6.45, 7) is 15.9. The van der Waals surface area contributed by atoms with Gasteiger partial charge in [-0.15, -0.1) is 0 Å². The number of amides is 1. The van der Waals surface area contributed by atoms with Crippen LogP contribution in [0.2, 0.25) is 10.0 Å². The molecule has 2 aromatic carbocycles. The van der Waals surface area contributed by atoms with Crippen molar-refractivity contribution in [3.05, 3.63) is 52.0 Å². The number of halogens is 2. The minimum atomic E-state index is -4.21. The number of nitrogens with zero attached hydrogens (tertiary/aromatic N) is 2. The van der Waals surface area contributed by atoms with Crippen LogP contribution >= 0.6 is 23.2 Å². The van der Waals surface area contributed by atoms with Crippen LogP contribution in [0.25, 0.3) is 0 Å². The average molecular weight is 558 g/mol. The van der Waals surface area contributed by atoms with Crippen molar-refractivity contribution in [2.24, 2.45) is 5.41 Å². The molecule has 0 unspecified atom stereocenters. The van der Waals surface area contributed by atoms with Crippen molar-refractivity contribution >= 4 is 44.9 Å². The standard InChI is InChI=1S/C27H38Cl2N2O4S/c1-8-19(4)31(26(32)17-27(5,6)7)18-20-11-12-21(30(9-2)10-3)15-25(20)35-36(33,34)22-13-14-23(28)24(29)16-22/h11-16,19H,8-10,17-18H2,1-7H3/t19-/m0/s1. The number of carbonyl (C=O) groups is 1. The lowest BCUT2D eigenvalue weighted by molar-refractivity contribution is -0.135. The van der Waals surface area contributed by atoms with Crippen molar-refractivity contribution in [1.29, 1.82) is 0 Å². The minimum Gasteiger partial charge on any atom is -0.379 e. The molecule has 2 aromatic rings. The SMILES string of the molecule is CC[C@H](C)N(Cc1ccc(N(CC)CC)cc1OS(=O)(=O)c1ccc(Cl)c(Cl)c1)C(=O)CC(C)(C)C. The van der Waals surface area contributed by atoms with Gasteiger partial charge in [0.1, 0.15) is 10.6 Å². The van der Waals surface area contributed by atoms with Gasteiger partial charge in [-0.25, -0.2) is 0 Å². The Morgan fingerprint density at radius 2 is 1.64 bits per heavy atom. The van der Waals surface area contributed by atoms with Gasteiger partial charge in [0.15, 0.2) is 0 Å². The van der Waals surface area contributed by atoms with E-state index in [4.69, 9.17) is 27.4 Å². The van der Waals surface area contributed by atoms with Gasteiger partial charge in [-0.1, -0.05) is 57.0 Å². The van der Waals surface area contributed by atoms with Crippen LogP contribution in [0, 0.1) is 5.41 Å². The van der Waals surface area contributed by atoms with Crippen molar-refractivity contribution in [1.82, 2.24) is 4.90 Å². The molecule has 0 aromatic heterocycles. The first-order valence-electron chi connectivity index (χ1n) is 12.3. The first kappa shape index (κ1) is 30.3. The molecule has 0 radical (unpaired) electrons. The Hall–Kier alpha value is -1.96. The molecule has 0 N–H and O–H groups in total. The summed E-state index contributed by atoms with van der Waals surface area (Å²) < 4.78 is 32.1. The number of benzene rings is 2. The van der Waals surface area contributed by atoms with E-state index in [-0.39, 0.29) is 44.6 Å². The molecule has 1 amide bonds. The summed E-state index contributed by atoms with van der Waals surface area (Å²) in [6.07, 6.45) is 1.15. The first-order chi connectivity index (χ1) is 16.7. The summed E-state index contributed by atoms with van der Waals surface area (Å²) in [5, 5.41) is 0.371. The Balaban J connectivity index is 2.55. The van der Waals surface area contributed by atoms with Gasteiger partial charge in [-0.3, -0.25) is 4.79 Å². The van der Waals surface area contributed by atoms with E-state index in [1.165, 1.54) is 18.2 Å². The predicted octanol–water partition coefficient (Wildman–Crippen LogP) is 7.17. The monoisotopic (exact) mass is 556 g/mol. The van der Waals surface area contributed by atoms with Gasteiger partial charge in [-0.05, 0) is 56.9 Å². The quantitative estimate of drug-likeness (QED) is 0.274. The van der Waals surface area contributed by atoms with E-state index in [0.29, 0.717) is 12.0 Å². The van der Waals surface area contributed by atoms with Crippen molar-refractivity contribution in [2.75, 3.05) is 18.0 Å².